The second-order valence-electron chi connectivity index (χ2n) is 10.6. The average Bonchev–Trinajstić information content (AvgIpc) is 3.22. The van der Waals surface area contributed by atoms with Crippen LogP contribution in [0.15, 0.2) is 47.1 Å². The van der Waals surface area contributed by atoms with Crippen molar-refractivity contribution >= 4 is 0 Å². The maximum absolute atomic E-state index is 10.7. The van der Waals surface area contributed by atoms with Gasteiger partial charge in [0.2, 0.25) is 0 Å². The smallest absolute Gasteiger partial charge is 0.0811 e. The predicted molar refractivity (Wildman–Crippen MR) is 133 cm³/mol. The van der Waals surface area contributed by atoms with Crippen LogP contribution < -0.4 is 0 Å². The Labute approximate surface area is 200 Å². The SMILES string of the molecule is [2H]C([2H])([2H])[C@]12CCC/C(=C\C=C3\C[C@H](O)C[C@H](O)C3=C)[C@@H]1CC=C2[C@H](C)CCCC(O)(CC)CC. The number of hydrogen-bond donors (Lipinski definition) is 3. The molecule has 0 saturated heterocycles. The van der Waals surface area contributed by atoms with Crippen molar-refractivity contribution in [2.45, 2.75) is 116 Å². The number of aliphatic hydroxyl groups excluding tert-OH is 2. The van der Waals surface area contributed by atoms with Gasteiger partial charge in [-0.2, -0.15) is 0 Å². The zero-order chi connectivity index (χ0) is 26.0. The first-order valence-electron chi connectivity index (χ1n) is 14.3. The fourth-order valence-electron chi connectivity index (χ4n) is 6.16. The molecule has 3 N–H and O–H groups in total. The lowest BCUT2D eigenvalue weighted by molar-refractivity contribution is 0.0204. The molecule has 0 aromatic rings. The van der Waals surface area contributed by atoms with E-state index < -0.39 is 30.1 Å². The summed E-state index contributed by atoms with van der Waals surface area (Å²) in [6, 6.07) is 0. The first kappa shape index (κ1) is 21.4. The highest BCUT2D eigenvalue weighted by Crippen LogP contribution is 2.57. The second-order valence-corrected chi connectivity index (χ2v) is 10.6. The second kappa shape index (κ2) is 10.4. The monoisotopic (exact) mass is 445 g/mol. The summed E-state index contributed by atoms with van der Waals surface area (Å²) < 4.78 is 25.9. The number of fused-ring (bicyclic) bond motifs is 1. The van der Waals surface area contributed by atoms with E-state index in [9.17, 15) is 15.3 Å². The molecule has 2 saturated carbocycles. The molecule has 0 radical (unpaired) electrons. The third-order valence-electron chi connectivity index (χ3n) is 8.56. The summed E-state index contributed by atoms with van der Waals surface area (Å²) in [5, 5.41) is 30.9. The van der Waals surface area contributed by atoms with Crippen molar-refractivity contribution in [3.8, 4) is 0 Å². The normalized spacial score (nSPS) is 36.4. The molecule has 2 fully saturated rings. The molecule has 0 bridgehead atoms. The van der Waals surface area contributed by atoms with Gasteiger partial charge in [-0.25, -0.2) is 0 Å². The summed E-state index contributed by atoms with van der Waals surface area (Å²) in [6.45, 7) is 8.13. The molecule has 180 valence electrons. The number of hydrogen-bond acceptors (Lipinski definition) is 3. The van der Waals surface area contributed by atoms with E-state index in [2.05, 4.69) is 25.7 Å². The van der Waals surface area contributed by atoms with Crippen LogP contribution >= 0.6 is 0 Å². The van der Waals surface area contributed by atoms with Crippen LogP contribution in [0.5, 0.6) is 0 Å². The minimum absolute atomic E-state index is 0.0482. The molecule has 3 rings (SSSR count). The van der Waals surface area contributed by atoms with Crippen LogP contribution in [0, 0.1) is 17.3 Å². The van der Waals surface area contributed by atoms with Gasteiger partial charge in [0.1, 0.15) is 0 Å². The van der Waals surface area contributed by atoms with Crippen LogP contribution in [0.2, 0.25) is 0 Å². The quantitative estimate of drug-likeness (QED) is 0.379. The summed E-state index contributed by atoms with van der Waals surface area (Å²) in [4.78, 5) is 0. The molecular weight excluding hydrogens is 396 g/mol. The van der Waals surface area contributed by atoms with Gasteiger partial charge in [-0.15, -0.1) is 0 Å². The molecule has 3 aliphatic carbocycles. The van der Waals surface area contributed by atoms with E-state index in [1.165, 1.54) is 0 Å². The first-order valence-corrected chi connectivity index (χ1v) is 12.8. The molecule has 0 amide bonds. The minimum atomic E-state index is -2.09. The van der Waals surface area contributed by atoms with Gasteiger partial charge in [-0.05, 0) is 86.2 Å². The minimum Gasteiger partial charge on any atom is -0.393 e. The van der Waals surface area contributed by atoms with E-state index in [-0.39, 0.29) is 11.8 Å². The standard InChI is InChI=1S/C29H46O3/c1-6-29(32,7-2)17-8-10-20(3)25-14-15-26-22(11-9-16-28(25,26)5)12-13-23-18-24(30)19-27(31)21(23)4/h12-14,20,24,26-27,30-32H,4,6-11,15-19H2,1-3,5H3/b22-12+,23-13-/t20-,24+,26+,27+,28-/m1/s1/i5D3. The van der Waals surface area contributed by atoms with E-state index in [0.717, 1.165) is 68.1 Å². The van der Waals surface area contributed by atoms with E-state index in [1.807, 2.05) is 19.9 Å². The van der Waals surface area contributed by atoms with Gasteiger partial charge < -0.3 is 15.3 Å². The zero-order valence-corrected chi connectivity index (χ0v) is 20.4. The van der Waals surface area contributed by atoms with Crippen LogP contribution in [0.1, 0.15) is 102 Å². The Balaban J connectivity index is 1.83. The van der Waals surface area contributed by atoms with Crippen LogP contribution in [0.4, 0.5) is 0 Å². The molecule has 0 spiro atoms. The zero-order valence-electron chi connectivity index (χ0n) is 23.4. The van der Waals surface area contributed by atoms with Crippen LogP contribution in [-0.2, 0) is 0 Å². The van der Waals surface area contributed by atoms with Gasteiger partial charge in [0.25, 0.3) is 0 Å². The lowest BCUT2D eigenvalue weighted by Gasteiger charge is -2.42. The van der Waals surface area contributed by atoms with Crippen LogP contribution in [0.3, 0.4) is 0 Å². The van der Waals surface area contributed by atoms with Gasteiger partial charge >= 0.3 is 0 Å². The molecule has 0 aromatic heterocycles. The fraction of sp³-hybridized carbons (Fsp3) is 0.724. The molecule has 3 heteroatoms. The lowest BCUT2D eigenvalue weighted by Crippen LogP contribution is -2.32. The summed E-state index contributed by atoms with van der Waals surface area (Å²) in [6.07, 6.45) is 12.8. The van der Waals surface area contributed by atoms with Gasteiger partial charge in [0.15, 0.2) is 0 Å². The van der Waals surface area contributed by atoms with Crippen LogP contribution in [0.25, 0.3) is 0 Å². The third kappa shape index (κ3) is 5.32. The Kier molecular flexibility index (Phi) is 6.95. The lowest BCUT2D eigenvalue weighted by atomic mass is 9.62. The fourth-order valence-corrected chi connectivity index (χ4v) is 6.16. The summed E-state index contributed by atoms with van der Waals surface area (Å²) >= 11 is 0. The molecule has 0 aliphatic heterocycles. The molecule has 3 nitrogen and oxygen atoms in total. The highest BCUT2D eigenvalue weighted by Gasteiger charge is 2.45. The molecule has 3 aliphatic rings. The van der Waals surface area contributed by atoms with Crippen molar-refractivity contribution in [3.05, 3.63) is 47.1 Å². The van der Waals surface area contributed by atoms with Gasteiger partial charge in [0, 0.05) is 10.5 Å². The van der Waals surface area contributed by atoms with Gasteiger partial charge in [-0.1, -0.05) is 70.0 Å². The Hall–Kier alpha value is -1.16. The largest absolute Gasteiger partial charge is 0.393 e. The first-order chi connectivity index (χ1) is 16.4. The molecule has 0 unspecified atom stereocenters. The van der Waals surface area contributed by atoms with Crippen molar-refractivity contribution < 1.29 is 19.4 Å². The maximum Gasteiger partial charge on any atom is 0.0811 e. The van der Waals surface area contributed by atoms with Gasteiger partial charge in [0.05, 0.1) is 17.8 Å². The number of rotatable bonds is 8. The van der Waals surface area contributed by atoms with E-state index in [0.29, 0.717) is 24.8 Å². The number of allylic oxidation sites excluding steroid dienone is 5. The van der Waals surface area contributed by atoms with E-state index in [1.54, 1.807) is 0 Å². The van der Waals surface area contributed by atoms with Crippen molar-refractivity contribution in [1.82, 2.24) is 0 Å². The Morgan fingerprint density at radius 3 is 2.75 bits per heavy atom. The third-order valence-corrected chi connectivity index (χ3v) is 8.56. The Morgan fingerprint density at radius 1 is 1.31 bits per heavy atom. The van der Waals surface area contributed by atoms with Crippen molar-refractivity contribution in [1.29, 1.82) is 0 Å². The number of aliphatic hydroxyl groups is 3. The highest BCUT2D eigenvalue weighted by molar-refractivity contribution is 5.40. The molecule has 32 heavy (non-hydrogen) atoms. The summed E-state index contributed by atoms with van der Waals surface area (Å²) in [7, 11) is 0. The van der Waals surface area contributed by atoms with Gasteiger partial charge in [-0.3, -0.25) is 0 Å². The Morgan fingerprint density at radius 2 is 2.06 bits per heavy atom. The van der Waals surface area contributed by atoms with E-state index >= 15 is 0 Å². The molecule has 5 atom stereocenters. The highest BCUT2D eigenvalue weighted by atomic mass is 16.3. The maximum atomic E-state index is 10.7. The van der Waals surface area contributed by atoms with Crippen LogP contribution in [-0.4, -0.2) is 33.1 Å². The summed E-state index contributed by atoms with van der Waals surface area (Å²) in [5.74, 6) is 0.118. The van der Waals surface area contributed by atoms with Crippen molar-refractivity contribution in [3.63, 3.8) is 0 Å². The topological polar surface area (TPSA) is 60.7 Å². The molecular formula is C29H46O3. The summed E-state index contributed by atoms with van der Waals surface area (Å²) in [5.41, 5.74) is 2.31. The molecule has 0 heterocycles. The van der Waals surface area contributed by atoms with E-state index in [4.69, 9.17) is 4.11 Å². The average molecular weight is 446 g/mol. The van der Waals surface area contributed by atoms with Crippen molar-refractivity contribution in [2.24, 2.45) is 17.3 Å². The Bertz CT molecular complexity index is 865. The predicted octanol–water partition coefficient (Wildman–Crippen LogP) is 6.41. The molecule has 0 aromatic carbocycles. The van der Waals surface area contributed by atoms with Crippen molar-refractivity contribution in [2.75, 3.05) is 0 Å².